The van der Waals surface area contributed by atoms with Gasteiger partial charge in [0.2, 0.25) is 11.8 Å². The van der Waals surface area contributed by atoms with E-state index in [1.807, 2.05) is 31.2 Å². The van der Waals surface area contributed by atoms with Crippen molar-refractivity contribution in [2.75, 3.05) is 17.2 Å². The van der Waals surface area contributed by atoms with E-state index in [-0.39, 0.29) is 24.7 Å². The summed E-state index contributed by atoms with van der Waals surface area (Å²) in [6, 6.07) is 14.3. The number of hydrogen-bond acceptors (Lipinski definition) is 4. The monoisotopic (exact) mass is 356 g/mol. The first kappa shape index (κ1) is 19.5. The van der Waals surface area contributed by atoms with E-state index in [0.717, 1.165) is 11.3 Å². The van der Waals surface area contributed by atoms with Crippen LogP contribution in [-0.2, 0) is 16.0 Å². The lowest BCUT2D eigenvalue weighted by molar-refractivity contribution is -0.118. The Morgan fingerprint density at radius 1 is 0.962 bits per heavy atom. The van der Waals surface area contributed by atoms with Gasteiger partial charge in [-0.05, 0) is 55.8 Å². The smallest absolute Gasteiger partial charge is 0.228 e. The molecular weight excluding hydrogens is 332 g/mol. The van der Waals surface area contributed by atoms with E-state index < -0.39 is 6.10 Å². The third kappa shape index (κ3) is 6.57. The maximum atomic E-state index is 12.1. The maximum Gasteiger partial charge on any atom is 0.228 e. The molecule has 0 spiro atoms. The Hall–Kier alpha value is -2.86. The molecular formula is C20H24N2O4. The average molecular weight is 356 g/mol. The van der Waals surface area contributed by atoms with E-state index >= 15 is 0 Å². The molecule has 1 unspecified atom stereocenters. The summed E-state index contributed by atoms with van der Waals surface area (Å²) in [4.78, 5) is 23.7. The van der Waals surface area contributed by atoms with Gasteiger partial charge in [-0.2, -0.15) is 0 Å². The molecule has 2 aromatic carbocycles. The Morgan fingerprint density at radius 3 is 2.00 bits per heavy atom. The van der Waals surface area contributed by atoms with Gasteiger partial charge in [-0.15, -0.1) is 0 Å². The zero-order valence-corrected chi connectivity index (χ0v) is 15.0. The van der Waals surface area contributed by atoms with Crippen LogP contribution < -0.4 is 15.4 Å². The van der Waals surface area contributed by atoms with Crippen LogP contribution in [0.1, 0.15) is 25.8 Å². The molecule has 0 aromatic heterocycles. The van der Waals surface area contributed by atoms with Gasteiger partial charge in [-0.1, -0.05) is 12.1 Å². The van der Waals surface area contributed by atoms with E-state index in [1.54, 1.807) is 31.2 Å². The van der Waals surface area contributed by atoms with Gasteiger partial charge in [0.25, 0.3) is 0 Å². The van der Waals surface area contributed by atoms with Gasteiger partial charge in [-0.3, -0.25) is 9.59 Å². The van der Waals surface area contributed by atoms with Crippen LogP contribution in [0.4, 0.5) is 11.4 Å². The van der Waals surface area contributed by atoms with Crippen LogP contribution in [0.5, 0.6) is 5.75 Å². The van der Waals surface area contributed by atoms with Crippen molar-refractivity contribution in [1.29, 1.82) is 0 Å². The predicted octanol–water partition coefficient (Wildman–Crippen LogP) is 2.98. The van der Waals surface area contributed by atoms with Gasteiger partial charge in [0.1, 0.15) is 5.75 Å². The van der Waals surface area contributed by atoms with Crippen molar-refractivity contribution in [3.05, 3.63) is 54.1 Å². The molecule has 138 valence electrons. The normalized spacial score (nSPS) is 11.5. The Balaban J connectivity index is 1.85. The minimum Gasteiger partial charge on any atom is -0.494 e. The van der Waals surface area contributed by atoms with Crippen LogP contribution in [0.3, 0.4) is 0 Å². The second kappa shape index (κ2) is 9.58. The van der Waals surface area contributed by atoms with Gasteiger partial charge >= 0.3 is 0 Å². The molecule has 0 heterocycles. The van der Waals surface area contributed by atoms with Crippen LogP contribution in [0.25, 0.3) is 0 Å². The molecule has 0 aliphatic rings. The lowest BCUT2D eigenvalue weighted by Crippen LogP contribution is -2.17. The molecule has 1 atom stereocenters. The highest BCUT2D eigenvalue weighted by Crippen LogP contribution is 2.16. The number of benzene rings is 2. The van der Waals surface area contributed by atoms with E-state index in [9.17, 15) is 14.7 Å². The van der Waals surface area contributed by atoms with E-state index in [2.05, 4.69) is 10.6 Å². The number of anilines is 2. The Kier molecular flexibility index (Phi) is 7.17. The number of aliphatic hydroxyl groups is 1. The van der Waals surface area contributed by atoms with Crippen molar-refractivity contribution in [2.24, 2.45) is 0 Å². The summed E-state index contributed by atoms with van der Waals surface area (Å²) in [6.07, 6.45) is -0.379. The lowest BCUT2D eigenvalue weighted by Gasteiger charge is -2.09. The molecule has 2 rings (SSSR count). The molecule has 0 bridgehead atoms. The predicted molar refractivity (Wildman–Crippen MR) is 101 cm³/mol. The third-order valence-electron chi connectivity index (χ3n) is 3.53. The summed E-state index contributed by atoms with van der Waals surface area (Å²) >= 11 is 0. The summed E-state index contributed by atoms with van der Waals surface area (Å²) in [5.74, 6) is 0.400. The maximum absolute atomic E-state index is 12.1. The first-order valence-corrected chi connectivity index (χ1v) is 8.56. The number of carbonyl (C=O) groups is 2. The highest BCUT2D eigenvalue weighted by Gasteiger charge is 2.07. The van der Waals surface area contributed by atoms with Gasteiger partial charge in [0, 0.05) is 11.4 Å². The number of hydrogen-bond donors (Lipinski definition) is 3. The van der Waals surface area contributed by atoms with Crippen LogP contribution >= 0.6 is 0 Å². The van der Waals surface area contributed by atoms with Crippen molar-refractivity contribution in [3.8, 4) is 5.75 Å². The third-order valence-corrected chi connectivity index (χ3v) is 3.53. The molecule has 0 aliphatic heterocycles. The minimum atomic E-state index is -0.684. The summed E-state index contributed by atoms with van der Waals surface area (Å²) in [6.45, 7) is 4.09. The highest BCUT2D eigenvalue weighted by atomic mass is 16.5. The molecule has 6 nitrogen and oxygen atoms in total. The number of ether oxygens (including phenoxy) is 1. The SMILES string of the molecule is CCOc1ccc(CC(=O)Nc2ccc(NC(=O)CC(C)O)cc2)cc1. The average Bonchev–Trinajstić information content (AvgIpc) is 2.58. The standard InChI is InChI=1S/C20H24N2O4/c1-3-26-18-10-4-15(5-11-18)13-20(25)22-17-8-6-16(7-9-17)21-19(24)12-14(2)23/h4-11,14,23H,3,12-13H2,1-2H3,(H,21,24)(H,22,25). The van der Waals surface area contributed by atoms with Crippen molar-refractivity contribution in [3.63, 3.8) is 0 Å². The summed E-state index contributed by atoms with van der Waals surface area (Å²) in [7, 11) is 0. The second-order valence-electron chi connectivity index (χ2n) is 5.98. The van der Waals surface area contributed by atoms with Crippen LogP contribution in [0, 0.1) is 0 Å². The fraction of sp³-hybridized carbons (Fsp3) is 0.300. The molecule has 0 saturated carbocycles. The number of nitrogens with one attached hydrogen (secondary N) is 2. The van der Waals surface area contributed by atoms with Crippen LogP contribution in [0.2, 0.25) is 0 Å². The van der Waals surface area contributed by atoms with Crippen molar-refractivity contribution >= 4 is 23.2 Å². The zero-order valence-electron chi connectivity index (χ0n) is 15.0. The fourth-order valence-corrected chi connectivity index (χ4v) is 2.38. The van der Waals surface area contributed by atoms with Gasteiger partial charge in [0.05, 0.1) is 25.6 Å². The summed E-state index contributed by atoms with van der Waals surface area (Å²) in [5, 5.41) is 14.7. The van der Waals surface area contributed by atoms with E-state index in [0.29, 0.717) is 18.0 Å². The zero-order chi connectivity index (χ0) is 18.9. The summed E-state index contributed by atoms with van der Waals surface area (Å²) in [5.41, 5.74) is 2.16. The molecule has 3 N–H and O–H groups in total. The Morgan fingerprint density at radius 2 is 1.50 bits per heavy atom. The lowest BCUT2D eigenvalue weighted by atomic mass is 10.1. The topological polar surface area (TPSA) is 87.7 Å². The largest absolute Gasteiger partial charge is 0.494 e. The first-order chi connectivity index (χ1) is 12.5. The Labute approximate surface area is 153 Å². The molecule has 0 fully saturated rings. The molecule has 26 heavy (non-hydrogen) atoms. The van der Waals surface area contributed by atoms with Gasteiger partial charge in [0.15, 0.2) is 0 Å². The number of aliphatic hydroxyl groups excluding tert-OH is 1. The number of amides is 2. The second-order valence-corrected chi connectivity index (χ2v) is 5.98. The fourth-order valence-electron chi connectivity index (χ4n) is 2.38. The van der Waals surface area contributed by atoms with Crippen LogP contribution in [0.15, 0.2) is 48.5 Å². The number of rotatable bonds is 8. The molecule has 2 aromatic rings. The highest BCUT2D eigenvalue weighted by molar-refractivity contribution is 5.93. The van der Waals surface area contributed by atoms with Gasteiger partial charge < -0.3 is 20.5 Å². The van der Waals surface area contributed by atoms with Crippen LogP contribution in [-0.4, -0.2) is 29.6 Å². The molecule has 0 saturated heterocycles. The van der Waals surface area contributed by atoms with Crippen molar-refractivity contribution < 1.29 is 19.4 Å². The molecule has 0 radical (unpaired) electrons. The minimum absolute atomic E-state index is 0.0422. The van der Waals surface area contributed by atoms with E-state index in [1.165, 1.54) is 0 Å². The summed E-state index contributed by atoms with van der Waals surface area (Å²) < 4.78 is 5.38. The van der Waals surface area contributed by atoms with Gasteiger partial charge in [-0.25, -0.2) is 0 Å². The first-order valence-electron chi connectivity index (χ1n) is 8.56. The molecule has 0 aliphatic carbocycles. The Bertz CT molecular complexity index is 724. The van der Waals surface area contributed by atoms with Crippen molar-refractivity contribution in [1.82, 2.24) is 0 Å². The van der Waals surface area contributed by atoms with E-state index in [4.69, 9.17) is 4.74 Å². The quantitative estimate of drug-likeness (QED) is 0.678. The number of carbonyl (C=O) groups excluding carboxylic acids is 2. The van der Waals surface area contributed by atoms with Crippen molar-refractivity contribution in [2.45, 2.75) is 32.8 Å². The molecule has 2 amide bonds. The molecule has 6 heteroatoms.